The van der Waals surface area contributed by atoms with Crippen LogP contribution in [0.2, 0.25) is 0 Å². The van der Waals surface area contributed by atoms with Crippen LogP contribution in [0, 0.1) is 12.1 Å². The summed E-state index contributed by atoms with van der Waals surface area (Å²) in [7, 11) is 3.92. The predicted octanol–water partition coefficient (Wildman–Crippen LogP) is 1.47. The van der Waals surface area contributed by atoms with Crippen LogP contribution in [0.4, 0.5) is 0 Å². The molecule has 3 amide bonds. The summed E-state index contributed by atoms with van der Waals surface area (Å²) in [6.45, 7) is 9.82. The average Bonchev–Trinajstić information content (AvgIpc) is 3.10. The third-order valence-corrected chi connectivity index (χ3v) is 10.4. The second-order valence-electron chi connectivity index (χ2n) is 14.7. The van der Waals surface area contributed by atoms with Crippen molar-refractivity contribution in [2.24, 2.45) is 0 Å². The summed E-state index contributed by atoms with van der Waals surface area (Å²) in [6.07, 6.45) is -1.42. The predicted molar refractivity (Wildman–Crippen MR) is 203 cm³/mol. The van der Waals surface area contributed by atoms with Gasteiger partial charge in [-0.3, -0.25) is 19.3 Å². The fraction of sp³-hybridized carbons (Fsp3) is 0.590. The number of aryl methyl sites for hydroxylation is 2. The Balaban J connectivity index is 1.19. The van der Waals surface area contributed by atoms with E-state index in [0.717, 1.165) is 54.0 Å². The standard InChI is InChI=1S/C39H57N5O7S/c1-26-10-15-29(37-36(49)35(48)34(47)31(51-37)25-52-6)23-30(26)22-28-13-11-27(12-14-28)8-7-9-32(45)41-39(2,3)38(50)40-16-17-43(5)24-33(46)44-20-18-42(4)19-21-44/h10-15,23,31,34-37,47-49H,7-9,16-22,24H2,1-6H3,(H,40,50)(H,41,45)/t31?,34-,35+,36-,37+/m1/s1. The Morgan fingerprint density at radius 3 is 2.35 bits per heavy atom. The third kappa shape index (κ3) is 11.6. The number of hydrogen-bond donors (Lipinski definition) is 5. The number of amides is 3. The smallest absolute Gasteiger partial charge is 0.245 e. The van der Waals surface area contributed by atoms with Crippen molar-refractivity contribution in [1.82, 2.24) is 25.3 Å². The van der Waals surface area contributed by atoms with Gasteiger partial charge in [-0.05, 0) is 81.9 Å². The fourth-order valence-corrected chi connectivity index (χ4v) is 6.87. The molecular formula is C39H57N5O7S. The summed E-state index contributed by atoms with van der Waals surface area (Å²) in [5, 5.41) is 40.1. The number of carbonyl (C=O) groups excluding carboxylic acids is 3. The van der Waals surface area contributed by atoms with Crippen molar-refractivity contribution in [3.63, 3.8) is 0 Å². The van der Waals surface area contributed by atoms with E-state index in [4.69, 9.17) is 4.74 Å². The van der Waals surface area contributed by atoms with Crippen molar-refractivity contribution in [3.05, 3.63) is 70.3 Å². The number of piperazine rings is 1. The molecule has 0 aromatic heterocycles. The van der Waals surface area contributed by atoms with Gasteiger partial charge in [-0.2, -0.15) is 0 Å². The number of ether oxygens (including phenoxy) is 1. The second kappa shape index (κ2) is 19.1. The van der Waals surface area contributed by atoms with E-state index in [0.29, 0.717) is 38.9 Å². The minimum atomic E-state index is -1.35. The lowest BCUT2D eigenvalue weighted by Gasteiger charge is -2.39. The summed E-state index contributed by atoms with van der Waals surface area (Å²) >= 11 is 1.26. The summed E-state index contributed by atoms with van der Waals surface area (Å²) < 4.78 is 5.96. The van der Waals surface area contributed by atoms with Gasteiger partial charge in [0, 0.05) is 51.9 Å². The van der Waals surface area contributed by atoms with Crippen LogP contribution in [0.3, 0.4) is 0 Å². The molecule has 2 saturated heterocycles. The molecule has 2 aliphatic rings. The Kier molecular flexibility index (Phi) is 15.2. The highest BCUT2D eigenvalue weighted by atomic mass is 32.1. The van der Waals surface area contributed by atoms with Crippen molar-refractivity contribution in [2.45, 2.75) is 82.5 Å². The van der Waals surface area contributed by atoms with Gasteiger partial charge in [0.15, 0.2) is 0 Å². The molecule has 0 saturated carbocycles. The maximum atomic E-state index is 12.9. The number of nitrogens with one attached hydrogen (secondary N) is 2. The molecule has 0 radical (unpaired) electrons. The molecule has 0 aliphatic carbocycles. The van der Waals surface area contributed by atoms with Gasteiger partial charge >= 0.3 is 0 Å². The lowest BCUT2D eigenvalue weighted by Crippen LogP contribution is -2.55. The first-order chi connectivity index (χ1) is 24.7. The molecular weight excluding hydrogens is 683 g/mol. The summed E-state index contributed by atoms with van der Waals surface area (Å²) in [5.41, 5.74) is 4.00. The molecule has 52 heavy (non-hydrogen) atoms. The highest BCUT2D eigenvalue weighted by Crippen LogP contribution is 2.33. The van der Waals surface area contributed by atoms with E-state index in [9.17, 15) is 29.7 Å². The van der Waals surface area contributed by atoms with Gasteiger partial charge in [-0.15, -0.1) is 11.2 Å². The number of likely N-dealkylation sites (N-methyl/N-ethyl adjacent to an activating group) is 2. The maximum Gasteiger partial charge on any atom is 0.245 e. The van der Waals surface area contributed by atoms with Gasteiger partial charge in [0.05, 0.1) is 6.54 Å². The third-order valence-electron chi connectivity index (χ3n) is 9.90. The number of carbonyl (C=O) groups is 3. The molecule has 2 aromatic carbocycles. The summed E-state index contributed by atoms with van der Waals surface area (Å²) in [6, 6.07) is 14.1. The van der Waals surface area contributed by atoms with Crippen molar-refractivity contribution in [2.75, 3.05) is 66.2 Å². The minimum Gasteiger partial charge on any atom is -0.387 e. The largest absolute Gasteiger partial charge is 0.387 e. The van der Waals surface area contributed by atoms with Crippen LogP contribution in [0.1, 0.15) is 60.6 Å². The monoisotopic (exact) mass is 739 g/mol. The molecule has 12 nitrogen and oxygen atoms in total. The number of nitrogens with zero attached hydrogens (tertiary/aromatic N) is 3. The highest BCUT2D eigenvalue weighted by molar-refractivity contribution is 7.87. The van der Waals surface area contributed by atoms with Gasteiger partial charge in [-0.25, -0.2) is 0 Å². The lowest BCUT2D eigenvalue weighted by molar-refractivity contribution is -0.209. The van der Waals surface area contributed by atoms with Crippen molar-refractivity contribution < 1.29 is 34.4 Å². The first kappa shape index (κ1) is 41.4. The molecule has 0 bridgehead atoms. The van der Waals surface area contributed by atoms with E-state index in [2.05, 4.69) is 52.0 Å². The molecule has 4 rings (SSSR count). The highest BCUT2D eigenvalue weighted by Gasteiger charge is 2.43. The van der Waals surface area contributed by atoms with Crippen LogP contribution in [0.15, 0.2) is 42.5 Å². The van der Waals surface area contributed by atoms with E-state index in [1.165, 1.54) is 11.2 Å². The number of rotatable bonds is 14. The van der Waals surface area contributed by atoms with Gasteiger partial charge in [0.1, 0.15) is 36.1 Å². The van der Waals surface area contributed by atoms with Gasteiger partial charge in [0.2, 0.25) is 17.7 Å². The van der Waals surface area contributed by atoms with E-state index in [1.807, 2.05) is 42.0 Å². The van der Waals surface area contributed by atoms with E-state index >= 15 is 0 Å². The zero-order chi connectivity index (χ0) is 38.0. The van der Waals surface area contributed by atoms with E-state index in [1.54, 1.807) is 20.1 Å². The molecule has 0 spiro atoms. The SMILES string of the molecule is CS#CC1O[C@@H](c2ccc(C)c(Cc3ccc(CCCC(=O)NC(C)(C)C(=O)NCCN(C)CC(=O)N4CCN(C)CC4)cc3)c2)[C@H](O)[C@@H](O)[C@@H]1O. The number of aliphatic hydroxyl groups is 3. The minimum absolute atomic E-state index is 0.0957. The fourth-order valence-electron chi connectivity index (χ4n) is 6.44. The molecule has 286 valence electrons. The Morgan fingerprint density at radius 1 is 1.00 bits per heavy atom. The second-order valence-corrected chi connectivity index (χ2v) is 15.3. The number of aliphatic hydroxyl groups excluding tert-OH is 3. The van der Waals surface area contributed by atoms with Crippen molar-refractivity contribution >= 4 is 28.9 Å². The van der Waals surface area contributed by atoms with E-state index < -0.39 is 36.1 Å². The maximum absolute atomic E-state index is 12.9. The van der Waals surface area contributed by atoms with Gasteiger partial charge in [0.25, 0.3) is 0 Å². The van der Waals surface area contributed by atoms with Gasteiger partial charge < -0.3 is 40.5 Å². The summed E-state index contributed by atoms with van der Waals surface area (Å²) in [4.78, 5) is 44.2. The molecule has 13 heteroatoms. The van der Waals surface area contributed by atoms with Crippen LogP contribution in [0.5, 0.6) is 0 Å². The van der Waals surface area contributed by atoms with Crippen LogP contribution < -0.4 is 10.6 Å². The Morgan fingerprint density at radius 2 is 1.67 bits per heavy atom. The molecule has 2 aromatic rings. The quantitative estimate of drug-likeness (QED) is 0.194. The van der Waals surface area contributed by atoms with Crippen LogP contribution in [-0.2, 0) is 32.0 Å². The molecule has 1 unspecified atom stereocenters. The Labute approximate surface area is 312 Å². The Bertz CT molecular complexity index is 1590. The lowest BCUT2D eigenvalue weighted by atomic mass is 9.89. The zero-order valence-electron chi connectivity index (χ0n) is 31.4. The van der Waals surface area contributed by atoms with Crippen LogP contribution in [-0.4, -0.2) is 144 Å². The van der Waals surface area contributed by atoms with Crippen LogP contribution in [0.25, 0.3) is 0 Å². The topological polar surface area (TPSA) is 155 Å². The van der Waals surface area contributed by atoms with Crippen molar-refractivity contribution in [1.29, 1.82) is 0 Å². The molecule has 2 aliphatic heterocycles. The number of hydrogen-bond acceptors (Lipinski definition) is 9. The zero-order valence-corrected chi connectivity index (χ0v) is 32.2. The molecule has 2 fully saturated rings. The molecule has 5 N–H and O–H groups in total. The number of benzene rings is 2. The van der Waals surface area contributed by atoms with Crippen LogP contribution >= 0.6 is 11.2 Å². The average molecular weight is 740 g/mol. The Hall–Kier alpha value is -3.39. The normalized spacial score (nSPS) is 22.5. The van der Waals surface area contributed by atoms with E-state index in [-0.39, 0.29) is 24.1 Å². The van der Waals surface area contributed by atoms with Crippen molar-refractivity contribution in [3.8, 4) is 5.18 Å². The first-order valence-electron chi connectivity index (χ1n) is 18.1. The van der Waals surface area contributed by atoms with Gasteiger partial charge in [-0.1, -0.05) is 47.6 Å². The summed E-state index contributed by atoms with van der Waals surface area (Å²) in [5.74, 6) is -0.364. The first-order valence-corrected chi connectivity index (χ1v) is 19.3. The molecule has 2 heterocycles. The molecule has 5 atom stereocenters.